The lowest BCUT2D eigenvalue weighted by molar-refractivity contribution is -0.121. The number of nitrogens with one attached hydrogen (secondary N) is 1. The van der Waals surface area contributed by atoms with Crippen molar-refractivity contribution in [2.45, 2.75) is 43.3 Å². The van der Waals surface area contributed by atoms with Crippen molar-refractivity contribution in [1.29, 1.82) is 0 Å². The number of aliphatic hydroxyl groups is 1. The number of pyridine rings is 1. The van der Waals surface area contributed by atoms with Crippen LogP contribution in [-0.2, 0) is 14.8 Å². The number of piperidine rings is 2. The summed E-state index contributed by atoms with van der Waals surface area (Å²) in [7, 11) is -3.83. The fourth-order valence-corrected chi connectivity index (χ4v) is 7.32. The second-order valence-corrected chi connectivity index (χ2v) is 11.5. The Morgan fingerprint density at radius 2 is 1.94 bits per heavy atom. The molecule has 2 aliphatic rings. The highest BCUT2D eigenvalue weighted by atomic mass is 32.2. The number of carbonyl (C=O) groups is 1. The van der Waals surface area contributed by atoms with Crippen LogP contribution in [0.5, 0.6) is 5.88 Å². The van der Waals surface area contributed by atoms with Gasteiger partial charge in [-0.25, -0.2) is 17.7 Å². The first-order chi connectivity index (χ1) is 16.8. The van der Waals surface area contributed by atoms with E-state index in [1.807, 2.05) is 25.1 Å². The number of nitrogens with two attached hydrogens (primary N) is 1. The molecule has 0 saturated carbocycles. The summed E-state index contributed by atoms with van der Waals surface area (Å²) in [4.78, 5) is 16.8. The van der Waals surface area contributed by atoms with Gasteiger partial charge in [-0.3, -0.25) is 4.79 Å². The number of amides is 1. The summed E-state index contributed by atoms with van der Waals surface area (Å²) in [6.07, 6.45) is 1.80. The third-order valence-corrected chi connectivity index (χ3v) is 9.85. The second-order valence-electron chi connectivity index (χ2n) is 9.29. The van der Waals surface area contributed by atoms with Crippen LogP contribution in [0.3, 0.4) is 0 Å². The van der Waals surface area contributed by atoms with Gasteiger partial charge in [-0.05, 0) is 68.8 Å². The third kappa shape index (κ3) is 5.06. The zero-order chi connectivity index (χ0) is 25.1. The minimum Gasteiger partial charge on any atom is -0.475 e. The van der Waals surface area contributed by atoms with Crippen molar-refractivity contribution in [3.8, 4) is 17.1 Å². The fourth-order valence-electron chi connectivity index (χ4n) is 5.16. The van der Waals surface area contributed by atoms with Crippen LogP contribution in [-0.4, -0.2) is 72.9 Å². The molecule has 0 aliphatic carbocycles. The van der Waals surface area contributed by atoms with Crippen molar-refractivity contribution in [2.24, 2.45) is 5.73 Å². The van der Waals surface area contributed by atoms with Crippen molar-refractivity contribution >= 4 is 15.9 Å². The normalized spacial score (nSPS) is 19.4. The van der Waals surface area contributed by atoms with E-state index in [-0.39, 0.29) is 32.0 Å². The van der Waals surface area contributed by atoms with E-state index in [0.717, 1.165) is 16.8 Å². The van der Waals surface area contributed by atoms with E-state index in [0.29, 0.717) is 44.9 Å². The van der Waals surface area contributed by atoms with Gasteiger partial charge in [-0.1, -0.05) is 24.3 Å². The van der Waals surface area contributed by atoms with Crippen LogP contribution < -0.4 is 15.8 Å². The number of carbonyl (C=O) groups excluding carboxylic acids is 1. The number of aryl methyl sites for hydroxylation is 1. The molecule has 2 aliphatic heterocycles. The lowest BCUT2D eigenvalue weighted by Gasteiger charge is -2.40. The van der Waals surface area contributed by atoms with Crippen molar-refractivity contribution in [3.05, 3.63) is 47.5 Å². The molecular formula is C25H34N4O5S. The number of hydrogen-bond donors (Lipinski definition) is 3. The molecule has 2 fully saturated rings. The van der Waals surface area contributed by atoms with E-state index in [1.54, 1.807) is 6.07 Å². The van der Waals surface area contributed by atoms with Crippen molar-refractivity contribution in [3.63, 3.8) is 0 Å². The number of hydrogen-bond acceptors (Lipinski definition) is 7. The molecular weight excluding hydrogens is 468 g/mol. The zero-order valence-electron chi connectivity index (χ0n) is 20.1. The highest BCUT2D eigenvalue weighted by Crippen LogP contribution is 2.37. The van der Waals surface area contributed by atoms with Gasteiger partial charge in [0.1, 0.15) is 6.61 Å². The number of nitrogens with zero attached hydrogens (tertiary/aromatic N) is 2. The molecule has 2 aromatic rings. The number of benzene rings is 1. The van der Waals surface area contributed by atoms with Crippen LogP contribution >= 0.6 is 0 Å². The van der Waals surface area contributed by atoms with E-state index in [2.05, 4.69) is 22.4 Å². The highest BCUT2D eigenvalue weighted by Gasteiger charge is 2.53. The Bertz CT molecular complexity index is 1160. The van der Waals surface area contributed by atoms with Gasteiger partial charge >= 0.3 is 0 Å². The third-order valence-electron chi connectivity index (χ3n) is 7.21. The van der Waals surface area contributed by atoms with Gasteiger partial charge < -0.3 is 20.9 Å². The first-order valence-electron chi connectivity index (χ1n) is 12.1. The summed E-state index contributed by atoms with van der Waals surface area (Å²) in [6, 6.07) is 11.8. The van der Waals surface area contributed by atoms with Crippen molar-refractivity contribution < 1.29 is 23.1 Å². The number of primary amides is 1. The van der Waals surface area contributed by atoms with Crippen molar-refractivity contribution in [2.75, 3.05) is 39.4 Å². The molecule has 4 rings (SSSR count). The van der Waals surface area contributed by atoms with Crippen LogP contribution in [0.25, 0.3) is 11.3 Å². The Balaban J connectivity index is 1.46. The van der Waals surface area contributed by atoms with Crippen LogP contribution in [0, 0.1) is 6.92 Å². The van der Waals surface area contributed by atoms with Gasteiger partial charge in [0, 0.05) is 24.7 Å². The molecule has 1 amide bonds. The number of rotatable bonds is 8. The zero-order valence-corrected chi connectivity index (χ0v) is 20.9. The maximum Gasteiger partial charge on any atom is 0.240 e. The molecule has 0 spiro atoms. The van der Waals surface area contributed by atoms with Gasteiger partial charge in [0.2, 0.25) is 21.8 Å². The summed E-state index contributed by atoms with van der Waals surface area (Å²) in [5.74, 6) is -0.0400. The topological polar surface area (TPSA) is 135 Å². The molecule has 1 aromatic heterocycles. The van der Waals surface area contributed by atoms with E-state index < -0.39 is 20.7 Å². The first kappa shape index (κ1) is 25.6. The summed E-state index contributed by atoms with van der Waals surface area (Å²) < 4.78 is 32.3. The van der Waals surface area contributed by atoms with Crippen LogP contribution in [0.15, 0.2) is 36.4 Å². The van der Waals surface area contributed by atoms with E-state index in [4.69, 9.17) is 15.6 Å². The number of sulfonamides is 1. The molecule has 190 valence electrons. The SMILES string of the molecule is Cc1cc(C2CCN(S(=O)(=O)C3(C(N)=O)CCNCC3)CC2)ccc1-c1cccc(OCCO)n1. The molecule has 35 heavy (non-hydrogen) atoms. The predicted molar refractivity (Wildman–Crippen MR) is 133 cm³/mol. The van der Waals surface area contributed by atoms with E-state index in [9.17, 15) is 13.2 Å². The minimum absolute atomic E-state index is 0.0690. The van der Waals surface area contributed by atoms with E-state index in [1.165, 1.54) is 9.87 Å². The van der Waals surface area contributed by atoms with Gasteiger partial charge in [0.25, 0.3) is 0 Å². The Hall–Kier alpha value is -2.53. The fraction of sp³-hybridized carbons (Fsp3) is 0.520. The summed E-state index contributed by atoms with van der Waals surface area (Å²) in [6.45, 7) is 3.85. The Kier molecular flexibility index (Phi) is 7.75. The monoisotopic (exact) mass is 502 g/mol. The lowest BCUT2D eigenvalue weighted by Crippen LogP contribution is -2.61. The summed E-state index contributed by atoms with van der Waals surface area (Å²) in [5, 5.41) is 12.1. The molecule has 0 atom stereocenters. The van der Waals surface area contributed by atoms with Gasteiger partial charge in [0.15, 0.2) is 4.75 Å². The Morgan fingerprint density at radius 3 is 2.57 bits per heavy atom. The second kappa shape index (κ2) is 10.6. The maximum absolute atomic E-state index is 13.5. The number of ether oxygens (including phenoxy) is 1. The molecule has 0 radical (unpaired) electrons. The molecule has 0 unspecified atom stereocenters. The lowest BCUT2D eigenvalue weighted by atomic mass is 9.88. The molecule has 3 heterocycles. The summed E-state index contributed by atoms with van der Waals surface area (Å²) in [5.41, 5.74) is 9.67. The number of aromatic nitrogens is 1. The average Bonchev–Trinajstić information content (AvgIpc) is 2.88. The van der Waals surface area contributed by atoms with Crippen LogP contribution in [0.1, 0.15) is 42.7 Å². The summed E-state index contributed by atoms with van der Waals surface area (Å²) >= 11 is 0. The molecule has 9 nitrogen and oxygen atoms in total. The Labute approximate surface area is 206 Å². The standard InChI is InChI=1S/C25H34N4O5S/c1-18-17-20(5-6-21(18)22-3-2-4-23(28-22)34-16-15-30)19-7-13-29(14-8-19)35(32,33)25(24(26)31)9-11-27-12-10-25/h2-6,17,19,27,30H,7-16H2,1H3,(H2,26,31). The molecule has 4 N–H and O–H groups in total. The maximum atomic E-state index is 13.5. The van der Waals surface area contributed by atoms with Gasteiger partial charge in [-0.2, -0.15) is 0 Å². The molecule has 0 bridgehead atoms. The smallest absolute Gasteiger partial charge is 0.240 e. The highest BCUT2D eigenvalue weighted by molar-refractivity contribution is 7.91. The predicted octanol–water partition coefficient (Wildman–Crippen LogP) is 1.54. The van der Waals surface area contributed by atoms with Gasteiger partial charge in [-0.15, -0.1) is 0 Å². The first-order valence-corrected chi connectivity index (χ1v) is 13.5. The van der Waals surface area contributed by atoms with E-state index >= 15 is 0 Å². The number of aliphatic hydroxyl groups excluding tert-OH is 1. The average molecular weight is 503 g/mol. The van der Waals surface area contributed by atoms with Gasteiger partial charge in [0.05, 0.1) is 12.3 Å². The molecule has 1 aromatic carbocycles. The minimum atomic E-state index is -3.83. The van der Waals surface area contributed by atoms with Crippen molar-refractivity contribution in [1.82, 2.24) is 14.6 Å². The molecule has 10 heteroatoms. The van der Waals surface area contributed by atoms with Crippen LogP contribution in [0.2, 0.25) is 0 Å². The molecule has 2 saturated heterocycles. The largest absolute Gasteiger partial charge is 0.475 e. The van der Waals surface area contributed by atoms with Crippen LogP contribution in [0.4, 0.5) is 0 Å². The quantitative estimate of drug-likeness (QED) is 0.498. The Morgan fingerprint density at radius 1 is 1.23 bits per heavy atom.